The van der Waals surface area contributed by atoms with E-state index in [9.17, 15) is 4.79 Å². The van der Waals surface area contributed by atoms with Gasteiger partial charge in [0.2, 0.25) is 0 Å². The molecule has 1 saturated heterocycles. The molecule has 2 rings (SSSR count). The highest BCUT2D eigenvalue weighted by Gasteiger charge is 2.26. The van der Waals surface area contributed by atoms with E-state index >= 15 is 0 Å². The summed E-state index contributed by atoms with van der Waals surface area (Å²) < 4.78 is 5.25. The van der Waals surface area contributed by atoms with Crippen molar-refractivity contribution in [2.24, 2.45) is 11.7 Å². The van der Waals surface area contributed by atoms with E-state index in [1.54, 1.807) is 4.90 Å². The van der Waals surface area contributed by atoms with Crippen molar-refractivity contribution in [3.63, 3.8) is 0 Å². The van der Waals surface area contributed by atoms with Gasteiger partial charge in [-0.1, -0.05) is 30.3 Å². The summed E-state index contributed by atoms with van der Waals surface area (Å²) >= 11 is 0. The summed E-state index contributed by atoms with van der Waals surface area (Å²) in [6, 6.07) is 9.70. The van der Waals surface area contributed by atoms with Crippen LogP contribution in [0.2, 0.25) is 0 Å². The first-order valence-electron chi connectivity index (χ1n) is 5.95. The van der Waals surface area contributed by atoms with Gasteiger partial charge in [0.1, 0.15) is 6.61 Å². The minimum atomic E-state index is -0.232. The van der Waals surface area contributed by atoms with Gasteiger partial charge >= 0.3 is 6.09 Å². The second kappa shape index (κ2) is 7.24. The van der Waals surface area contributed by atoms with Gasteiger partial charge in [0.25, 0.3) is 0 Å². The third-order valence-corrected chi connectivity index (χ3v) is 3.08. The highest BCUT2D eigenvalue weighted by atomic mass is 35.5. The number of amides is 1. The van der Waals surface area contributed by atoms with Crippen LogP contribution in [0.15, 0.2) is 30.3 Å². The predicted octanol–water partition coefficient (Wildman–Crippen LogP) is 2.03. The van der Waals surface area contributed by atoms with Crippen LogP contribution in [0.25, 0.3) is 0 Å². The lowest BCUT2D eigenvalue weighted by Crippen LogP contribution is -2.30. The van der Waals surface area contributed by atoms with Crippen molar-refractivity contribution in [2.45, 2.75) is 13.0 Å². The molecule has 0 saturated carbocycles. The average Bonchev–Trinajstić information content (AvgIpc) is 2.86. The molecule has 2 N–H and O–H groups in total. The van der Waals surface area contributed by atoms with E-state index in [0.29, 0.717) is 19.1 Å². The first-order chi connectivity index (χ1) is 8.29. The van der Waals surface area contributed by atoms with Gasteiger partial charge in [-0.05, 0) is 24.4 Å². The maximum absolute atomic E-state index is 11.7. The van der Waals surface area contributed by atoms with Crippen LogP contribution in [-0.2, 0) is 11.3 Å². The summed E-state index contributed by atoms with van der Waals surface area (Å²) in [5.74, 6) is 0.430. The molecule has 4 nitrogen and oxygen atoms in total. The van der Waals surface area contributed by atoms with Crippen molar-refractivity contribution < 1.29 is 9.53 Å². The van der Waals surface area contributed by atoms with Crippen LogP contribution in [-0.4, -0.2) is 30.6 Å². The number of benzene rings is 1. The molecule has 0 bridgehead atoms. The van der Waals surface area contributed by atoms with Crippen LogP contribution in [0.4, 0.5) is 4.79 Å². The van der Waals surface area contributed by atoms with Crippen molar-refractivity contribution in [3.8, 4) is 0 Å². The molecular formula is C13H19ClN2O2. The molecule has 0 unspecified atom stereocenters. The third-order valence-electron chi connectivity index (χ3n) is 3.08. The van der Waals surface area contributed by atoms with Gasteiger partial charge in [-0.15, -0.1) is 12.4 Å². The molecule has 1 heterocycles. The molecule has 1 aromatic rings. The van der Waals surface area contributed by atoms with Crippen molar-refractivity contribution in [2.75, 3.05) is 19.6 Å². The van der Waals surface area contributed by atoms with E-state index in [-0.39, 0.29) is 18.5 Å². The zero-order chi connectivity index (χ0) is 12.1. The first-order valence-corrected chi connectivity index (χ1v) is 5.95. The topological polar surface area (TPSA) is 55.6 Å². The number of likely N-dealkylation sites (tertiary alicyclic amines) is 1. The average molecular weight is 271 g/mol. The molecule has 0 aromatic heterocycles. The first kappa shape index (κ1) is 14.8. The fourth-order valence-electron chi connectivity index (χ4n) is 2.00. The van der Waals surface area contributed by atoms with E-state index in [2.05, 4.69) is 0 Å². The normalized spacial score (nSPS) is 18.3. The molecule has 100 valence electrons. The smallest absolute Gasteiger partial charge is 0.410 e. The van der Waals surface area contributed by atoms with Crippen molar-refractivity contribution in [1.29, 1.82) is 0 Å². The third kappa shape index (κ3) is 3.89. The monoisotopic (exact) mass is 270 g/mol. The summed E-state index contributed by atoms with van der Waals surface area (Å²) in [6.07, 6.45) is 0.751. The van der Waals surface area contributed by atoms with Gasteiger partial charge in [0, 0.05) is 13.1 Å². The lowest BCUT2D eigenvalue weighted by molar-refractivity contribution is 0.103. The van der Waals surface area contributed by atoms with Crippen LogP contribution in [0.1, 0.15) is 12.0 Å². The molecule has 0 spiro atoms. The van der Waals surface area contributed by atoms with E-state index in [1.165, 1.54) is 0 Å². The molecule has 0 radical (unpaired) electrons. The summed E-state index contributed by atoms with van der Waals surface area (Å²) in [5, 5.41) is 0. The fourth-order valence-corrected chi connectivity index (χ4v) is 2.00. The van der Waals surface area contributed by atoms with Crippen LogP contribution in [0.3, 0.4) is 0 Å². The minimum absolute atomic E-state index is 0. The molecule has 1 amide bonds. The highest BCUT2D eigenvalue weighted by Crippen LogP contribution is 2.16. The molecule has 1 fully saturated rings. The van der Waals surface area contributed by atoms with Crippen molar-refractivity contribution in [1.82, 2.24) is 4.90 Å². The van der Waals surface area contributed by atoms with Gasteiger partial charge in [0.05, 0.1) is 0 Å². The summed E-state index contributed by atoms with van der Waals surface area (Å²) in [7, 11) is 0. The van der Waals surface area contributed by atoms with E-state index in [0.717, 1.165) is 25.1 Å². The standard InChI is InChI=1S/C13H18N2O2.ClH/c14-8-12-6-7-15(9-12)13(16)17-10-11-4-2-1-3-5-11;/h1-5,12H,6-10,14H2;1H/t12-;/m1./s1. The van der Waals surface area contributed by atoms with Crippen molar-refractivity contribution in [3.05, 3.63) is 35.9 Å². The zero-order valence-corrected chi connectivity index (χ0v) is 11.1. The summed E-state index contributed by atoms with van der Waals surface area (Å²) in [4.78, 5) is 13.5. The Morgan fingerprint density at radius 2 is 2.11 bits per heavy atom. The number of carbonyl (C=O) groups is 1. The molecule has 5 heteroatoms. The fraction of sp³-hybridized carbons (Fsp3) is 0.462. The number of hydrogen-bond acceptors (Lipinski definition) is 3. The number of hydrogen-bond donors (Lipinski definition) is 1. The summed E-state index contributed by atoms with van der Waals surface area (Å²) in [5.41, 5.74) is 6.59. The predicted molar refractivity (Wildman–Crippen MR) is 72.6 cm³/mol. The number of rotatable bonds is 3. The maximum atomic E-state index is 11.7. The Morgan fingerprint density at radius 1 is 1.39 bits per heavy atom. The Balaban J connectivity index is 0.00000162. The van der Waals surface area contributed by atoms with Gasteiger partial charge in [-0.2, -0.15) is 0 Å². The number of halogens is 1. The Labute approximate surface area is 114 Å². The SMILES string of the molecule is Cl.NC[C@H]1CCN(C(=O)OCc2ccccc2)C1. The van der Waals surface area contributed by atoms with Gasteiger partial charge in [-0.3, -0.25) is 0 Å². The van der Waals surface area contributed by atoms with E-state index in [1.807, 2.05) is 30.3 Å². The Kier molecular flexibility index (Phi) is 5.95. The highest BCUT2D eigenvalue weighted by molar-refractivity contribution is 5.85. The molecule has 1 aromatic carbocycles. The number of carbonyl (C=O) groups excluding carboxylic acids is 1. The summed E-state index contributed by atoms with van der Waals surface area (Å²) in [6.45, 7) is 2.46. The maximum Gasteiger partial charge on any atom is 0.410 e. The van der Waals surface area contributed by atoms with Gasteiger partial charge < -0.3 is 15.4 Å². The lowest BCUT2D eigenvalue weighted by Gasteiger charge is -2.16. The van der Waals surface area contributed by atoms with Crippen LogP contribution in [0.5, 0.6) is 0 Å². The van der Waals surface area contributed by atoms with Gasteiger partial charge in [0.15, 0.2) is 0 Å². The Morgan fingerprint density at radius 3 is 2.72 bits per heavy atom. The molecule has 1 aliphatic rings. The second-order valence-electron chi connectivity index (χ2n) is 4.38. The quantitative estimate of drug-likeness (QED) is 0.914. The number of nitrogens with two attached hydrogens (primary N) is 1. The molecule has 0 aliphatic carbocycles. The lowest BCUT2D eigenvalue weighted by atomic mass is 10.1. The van der Waals surface area contributed by atoms with Crippen LogP contribution >= 0.6 is 12.4 Å². The molecule has 1 atom stereocenters. The number of ether oxygens (including phenoxy) is 1. The zero-order valence-electron chi connectivity index (χ0n) is 10.2. The Bertz CT molecular complexity index is 373. The van der Waals surface area contributed by atoms with Gasteiger partial charge in [-0.25, -0.2) is 4.79 Å². The van der Waals surface area contributed by atoms with Crippen LogP contribution < -0.4 is 5.73 Å². The second-order valence-corrected chi connectivity index (χ2v) is 4.38. The van der Waals surface area contributed by atoms with Crippen LogP contribution in [0, 0.1) is 5.92 Å². The Hall–Kier alpha value is -1.26. The molecule has 1 aliphatic heterocycles. The minimum Gasteiger partial charge on any atom is -0.445 e. The largest absolute Gasteiger partial charge is 0.445 e. The molecular weight excluding hydrogens is 252 g/mol. The van der Waals surface area contributed by atoms with E-state index < -0.39 is 0 Å². The van der Waals surface area contributed by atoms with Crippen molar-refractivity contribution >= 4 is 18.5 Å². The number of nitrogens with zero attached hydrogens (tertiary/aromatic N) is 1. The molecule has 18 heavy (non-hydrogen) atoms. The van der Waals surface area contributed by atoms with E-state index in [4.69, 9.17) is 10.5 Å².